The van der Waals surface area contributed by atoms with Gasteiger partial charge in [0.05, 0.1) is 23.4 Å². The third-order valence-corrected chi connectivity index (χ3v) is 7.26. The van der Waals surface area contributed by atoms with Crippen molar-refractivity contribution in [3.8, 4) is 0 Å². The molecule has 2 aromatic carbocycles. The van der Waals surface area contributed by atoms with Crippen LogP contribution in [0.3, 0.4) is 0 Å². The second-order valence-electron chi connectivity index (χ2n) is 9.00. The number of carbonyl (C=O) groups is 3. The van der Waals surface area contributed by atoms with Gasteiger partial charge >= 0.3 is 0 Å². The molecule has 1 saturated heterocycles. The third kappa shape index (κ3) is 4.64. The smallest absolute Gasteiger partial charge is 0.261 e. The topological polar surface area (TPSA) is 82.6 Å². The van der Waals surface area contributed by atoms with Crippen LogP contribution in [0.2, 0.25) is 0 Å². The van der Waals surface area contributed by atoms with Crippen LogP contribution >= 0.6 is 11.3 Å². The molecular formula is C26H26N4O3S. The predicted molar refractivity (Wildman–Crippen MR) is 131 cm³/mol. The molecule has 8 heteroatoms. The molecule has 3 heterocycles. The molecule has 3 amide bonds. The lowest BCUT2D eigenvalue weighted by molar-refractivity contribution is 0.0642. The van der Waals surface area contributed by atoms with E-state index in [0.29, 0.717) is 16.3 Å². The monoisotopic (exact) mass is 474 g/mol. The van der Waals surface area contributed by atoms with E-state index in [2.05, 4.69) is 22.1 Å². The van der Waals surface area contributed by atoms with Gasteiger partial charge in [0, 0.05) is 17.5 Å². The Morgan fingerprint density at radius 3 is 2.53 bits per heavy atom. The first kappa shape index (κ1) is 22.4. The Balaban J connectivity index is 1.25. The van der Waals surface area contributed by atoms with Crippen LogP contribution in [0.15, 0.2) is 53.9 Å². The second kappa shape index (κ2) is 9.48. The third-order valence-electron chi connectivity index (χ3n) is 6.45. The molecule has 0 radical (unpaired) electrons. The zero-order valence-electron chi connectivity index (χ0n) is 19.0. The lowest BCUT2D eigenvalue weighted by atomic mass is 9.99. The number of nitrogens with one attached hydrogen (secondary N) is 1. The highest BCUT2D eigenvalue weighted by molar-refractivity contribution is 7.14. The van der Waals surface area contributed by atoms with Crippen molar-refractivity contribution in [2.24, 2.45) is 5.92 Å². The maximum absolute atomic E-state index is 12.9. The van der Waals surface area contributed by atoms with E-state index in [1.807, 2.05) is 35.7 Å². The number of thiazole rings is 1. The Kier molecular flexibility index (Phi) is 6.26. The van der Waals surface area contributed by atoms with Gasteiger partial charge < -0.3 is 0 Å². The maximum atomic E-state index is 12.9. The SMILES string of the molecule is CC1CCN(Cc2csc(NC(=O)c3ccc4c(c3)C(=O)N(Cc3ccccc3)C4=O)n2)CC1. The summed E-state index contributed by atoms with van der Waals surface area (Å²) in [5.74, 6) is -0.294. The average Bonchev–Trinajstić information content (AvgIpc) is 3.38. The summed E-state index contributed by atoms with van der Waals surface area (Å²) in [5, 5.41) is 5.33. The van der Waals surface area contributed by atoms with Crippen LogP contribution in [0, 0.1) is 5.92 Å². The molecule has 1 fully saturated rings. The van der Waals surface area contributed by atoms with Crippen molar-refractivity contribution in [3.05, 3.63) is 81.9 Å². The van der Waals surface area contributed by atoms with Gasteiger partial charge in [-0.1, -0.05) is 37.3 Å². The van der Waals surface area contributed by atoms with E-state index in [1.54, 1.807) is 12.1 Å². The summed E-state index contributed by atoms with van der Waals surface area (Å²) in [6, 6.07) is 14.0. The first-order chi connectivity index (χ1) is 16.5. The highest BCUT2D eigenvalue weighted by Gasteiger charge is 2.36. The minimum atomic E-state index is -0.383. The number of nitrogens with zero attached hydrogens (tertiary/aromatic N) is 3. The predicted octanol–water partition coefficient (Wildman–Crippen LogP) is 4.42. The Bertz CT molecular complexity index is 1230. The number of aromatic nitrogens is 1. The van der Waals surface area contributed by atoms with E-state index in [9.17, 15) is 14.4 Å². The quantitative estimate of drug-likeness (QED) is 0.535. The minimum Gasteiger partial charge on any atom is -0.298 e. The van der Waals surface area contributed by atoms with Crippen molar-refractivity contribution < 1.29 is 14.4 Å². The van der Waals surface area contributed by atoms with Crippen molar-refractivity contribution in [1.82, 2.24) is 14.8 Å². The van der Waals surface area contributed by atoms with Crippen LogP contribution in [0.5, 0.6) is 0 Å². The largest absolute Gasteiger partial charge is 0.298 e. The number of anilines is 1. The van der Waals surface area contributed by atoms with Gasteiger partial charge in [-0.05, 0) is 55.6 Å². The number of likely N-dealkylation sites (tertiary alicyclic amines) is 1. The van der Waals surface area contributed by atoms with Crippen LogP contribution in [0.1, 0.15) is 62.1 Å². The molecule has 7 nitrogen and oxygen atoms in total. The molecule has 2 aliphatic heterocycles. The number of carbonyl (C=O) groups excluding carboxylic acids is 3. The van der Waals surface area contributed by atoms with Crippen molar-refractivity contribution in [2.45, 2.75) is 32.9 Å². The number of piperidine rings is 1. The van der Waals surface area contributed by atoms with E-state index in [4.69, 9.17) is 0 Å². The zero-order chi connectivity index (χ0) is 23.7. The molecule has 1 N–H and O–H groups in total. The van der Waals surface area contributed by atoms with E-state index >= 15 is 0 Å². The van der Waals surface area contributed by atoms with Crippen molar-refractivity contribution in [1.29, 1.82) is 0 Å². The summed E-state index contributed by atoms with van der Waals surface area (Å²) in [7, 11) is 0. The molecule has 2 aliphatic rings. The summed E-state index contributed by atoms with van der Waals surface area (Å²) in [5.41, 5.74) is 2.72. The lowest BCUT2D eigenvalue weighted by Gasteiger charge is -2.29. The van der Waals surface area contributed by atoms with E-state index in [1.165, 1.54) is 35.1 Å². The molecule has 0 bridgehead atoms. The molecule has 3 aromatic rings. The van der Waals surface area contributed by atoms with Crippen LogP contribution in [0.4, 0.5) is 5.13 Å². The van der Waals surface area contributed by atoms with Gasteiger partial charge in [-0.25, -0.2) is 4.98 Å². The molecule has 5 rings (SSSR count). The highest BCUT2D eigenvalue weighted by atomic mass is 32.1. The minimum absolute atomic E-state index is 0.201. The number of amides is 3. The van der Waals surface area contributed by atoms with Gasteiger partial charge in [0.15, 0.2) is 5.13 Å². The molecule has 1 aromatic heterocycles. The molecule has 34 heavy (non-hydrogen) atoms. The highest BCUT2D eigenvalue weighted by Crippen LogP contribution is 2.27. The summed E-state index contributed by atoms with van der Waals surface area (Å²) in [6.07, 6.45) is 2.41. The molecule has 0 atom stereocenters. The van der Waals surface area contributed by atoms with E-state index < -0.39 is 0 Å². The summed E-state index contributed by atoms with van der Waals surface area (Å²) >= 11 is 1.39. The van der Waals surface area contributed by atoms with Gasteiger partial charge in [-0.3, -0.25) is 29.5 Å². The molecule has 0 unspecified atom stereocenters. The van der Waals surface area contributed by atoms with Gasteiger partial charge in [-0.2, -0.15) is 0 Å². The maximum Gasteiger partial charge on any atom is 0.261 e. The van der Waals surface area contributed by atoms with Crippen molar-refractivity contribution in [2.75, 3.05) is 18.4 Å². The zero-order valence-corrected chi connectivity index (χ0v) is 19.8. The van der Waals surface area contributed by atoms with Crippen molar-refractivity contribution >= 4 is 34.2 Å². The normalized spacial score (nSPS) is 16.7. The van der Waals surface area contributed by atoms with Crippen LogP contribution in [0.25, 0.3) is 0 Å². The molecule has 0 aliphatic carbocycles. The first-order valence-corrected chi connectivity index (χ1v) is 12.4. The van der Waals surface area contributed by atoms with Crippen LogP contribution in [-0.4, -0.2) is 45.6 Å². The Labute approximate surface area is 202 Å². The molecule has 0 saturated carbocycles. The summed E-state index contributed by atoms with van der Waals surface area (Å²) in [4.78, 5) is 46.7. The number of benzene rings is 2. The Hall–Kier alpha value is -3.36. The van der Waals surface area contributed by atoms with E-state index in [0.717, 1.165) is 36.8 Å². The van der Waals surface area contributed by atoms with Crippen LogP contribution in [-0.2, 0) is 13.1 Å². The van der Waals surface area contributed by atoms with Crippen LogP contribution < -0.4 is 5.32 Å². The second-order valence-corrected chi connectivity index (χ2v) is 9.86. The lowest BCUT2D eigenvalue weighted by Crippen LogP contribution is -2.32. The summed E-state index contributed by atoms with van der Waals surface area (Å²) < 4.78 is 0. The number of imide groups is 1. The van der Waals surface area contributed by atoms with Gasteiger partial charge in [0.2, 0.25) is 0 Å². The standard InChI is InChI=1S/C26H26N4O3S/c1-17-9-11-29(12-10-17)15-20-16-34-26(27-20)28-23(31)19-7-8-21-22(13-19)25(33)30(24(21)32)14-18-5-3-2-4-6-18/h2-8,13,16-17H,9-12,14-15H2,1H3,(H,27,28,31). The van der Waals surface area contributed by atoms with E-state index in [-0.39, 0.29) is 29.8 Å². The number of hydrogen-bond donors (Lipinski definition) is 1. The first-order valence-electron chi connectivity index (χ1n) is 11.5. The number of hydrogen-bond acceptors (Lipinski definition) is 6. The number of rotatable bonds is 6. The molecule has 174 valence electrons. The molecular weight excluding hydrogens is 448 g/mol. The van der Waals surface area contributed by atoms with Crippen molar-refractivity contribution in [3.63, 3.8) is 0 Å². The fraction of sp³-hybridized carbons (Fsp3) is 0.308. The molecule has 0 spiro atoms. The average molecular weight is 475 g/mol. The van der Waals surface area contributed by atoms with Gasteiger partial charge in [-0.15, -0.1) is 11.3 Å². The summed E-state index contributed by atoms with van der Waals surface area (Å²) in [6.45, 7) is 5.42. The fourth-order valence-corrected chi connectivity index (χ4v) is 5.09. The fourth-order valence-electron chi connectivity index (χ4n) is 4.40. The van der Waals surface area contributed by atoms with Gasteiger partial charge in [0.25, 0.3) is 17.7 Å². The number of fused-ring (bicyclic) bond motifs is 1. The Morgan fingerprint density at radius 2 is 1.76 bits per heavy atom. The van der Waals surface area contributed by atoms with Gasteiger partial charge in [0.1, 0.15) is 0 Å². The Morgan fingerprint density at radius 1 is 1.03 bits per heavy atom.